The lowest BCUT2D eigenvalue weighted by Gasteiger charge is -2.18. The summed E-state index contributed by atoms with van der Waals surface area (Å²) in [5, 5.41) is 4.48. The predicted octanol–water partition coefficient (Wildman–Crippen LogP) is 1.30. The van der Waals surface area contributed by atoms with E-state index >= 15 is 0 Å². The molecule has 2 rings (SSSR count). The van der Waals surface area contributed by atoms with Crippen molar-refractivity contribution in [2.45, 2.75) is 50.5 Å². The highest BCUT2D eigenvalue weighted by Gasteiger charge is 2.23. The Bertz CT molecular complexity index is 547. The van der Waals surface area contributed by atoms with Crippen molar-refractivity contribution in [1.82, 2.24) is 14.8 Å². The van der Waals surface area contributed by atoms with E-state index in [0.29, 0.717) is 18.2 Å². The molecule has 1 heterocycles. The van der Waals surface area contributed by atoms with Crippen LogP contribution in [0.2, 0.25) is 0 Å². The van der Waals surface area contributed by atoms with Crippen molar-refractivity contribution in [3.63, 3.8) is 0 Å². The Kier molecular flexibility index (Phi) is 4.80. The Morgan fingerprint density at radius 2 is 2.00 bits per heavy atom. The standard InChI is InChI=1S/C13H24N4O2S/c1-17-13(11(14)8-9-20(2,18)19)15-12(16-17)10-6-4-3-5-7-10/h10-11H,3-9,14H2,1-2H3. The lowest BCUT2D eigenvalue weighted by molar-refractivity contribution is 0.427. The van der Waals surface area contributed by atoms with Gasteiger partial charge < -0.3 is 5.73 Å². The molecule has 0 bridgehead atoms. The van der Waals surface area contributed by atoms with Gasteiger partial charge in [-0.05, 0) is 19.3 Å². The summed E-state index contributed by atoms with van der Waals surface area (Å²) in [6, 6.07) is -0.375. The van der Waals surface area contributed by atoms with Crippen molar-refractivity contribution in [3.8, 4) is 0 Å². The summed E-state index contributed by atoms with van der Waals surface area (Å²) < 4.78 is 24.1. The van der Waals surface area contributed by atoms with Crippen molar-refractivity contribution in [2.75, 3.05) is 12.0 Å². The van der Waals surface area contributed by atoms with Crippen LogP contribution < -0.4 is 5.73 Å². The minimum atomic E-state index is -2.99. The van der Waals surface area contributed by atoms with E-state index in [1.165, 1.54) is 25.5 Å². The van der Waals surface area contributed by atoms with E-state index in [1.807, 2.05) is 7.05 Å². The first-order valence-corrected chi connectivity index (χ1v) is 9.27. The van der Waals surface area contributed by atoms with E-state index in [1.54, 1.807) is 4.68 Å². The van der Waals surface area contributed by atoms with Crippen molar-refractivity contribution in [2.24, 2.45) is 12.8 Å². The first-order chi connectivity index (χ1) is 9.37. The smallest absolute Gasteiger partial charge is 0.154 e. The Balaban J connectivity index is 2.06. The highest BCUT2D eigenvalue weighted by atomic mass is 32.2. The lowest BCUT2D eigenvalue weighted by atomic mass is 9.89. The molecule has 1 aromatic heterocycles. The molecule has 1 aliphatic carbocycles. The summed E-state index contributed by atoms with van der Waals surface area (Å²) in [4.78, 5) is 4.57. The van der Waals surface area contributed by atoms with Crippen LogP contribution >= 0.6 is 0 Å². The molecule has 114 valence electrons. The Labute approximate surface area is 120 Å². The normalized spacial score (nSPS) is 19.1. The summed E-state index contributed by atoms with van der Waals surface area (Å²) in [7, 11) is -1.16. The van der Waals surface area contributed by atoms with Gasteiger partial charge in [0.15, 0.2) is 5.82 Å². The van der Waals surface area contributed by atoms with Crippen molar-refractivity contribution in [3.05, 3.63) is 11.6 Å². The van der Waals surface area contributed by atoms with Crippen molar-refractivity contribution in [1.29, 1.82) is 0 Å². The topological polar surface area (TPSA) is 90.9 Å². The number of nitrogens with two attached hydrogens (primary N) is 1. The molecule has 0 spiro atoms. The second-order valence-corrected chi connectivity index (χ2v) is 8.07. The van der Waals surface area contributed by atoms with E-state index in [2.05, 4.69) is 10.1 Å². The van der Waals surface area contributed by atoms with Gasteiger partial charge >= 0.3 is 0 Å². The fourth-order valence-electron chi connectivity index (χ4n) is 2.74. The van der Waals surface area contributed by atoms with Crippen molar-refractivity contribution < 1.29 is 8.42 Å². The van der Waals surface area contributed by atoms with Crippen LogP contribution in [0.15, 0.2) is 0 Å². The van der Waals surface area contributed by atoms with E-state index in [0.717, 1.165) is 18.7 Å². The highest BCUT2D eigenvalue weighted by molar-refractivity contribution is 7.90. The molecule has 0 saturated heterocycles. The number of hydrogen-bond acceptors (Lipinski definition) is 5. The quantitative estimate of drug-likeness (QED) is 0.885. The molecular weight excluding hydrogens is 276 g/mol. The molecule has 2 N–H and O–H groups in total. The molecule has 1 aliphatic rings. The van der Waals surface area contributed by atoms with Crippen LogP contribution in [0.1, 0.15) is 62.1 Å². The molecule has 1 fully saturated rings. The van der Waals surface area contributed by atoms with Gasteiger partial charge in [0.05, 0.1) is 11.8 Å². The summed E-state index contributed by atoms with van der Waals surface area (Å²) in [6.07, 6.45) is 7.66. The summed E-state index contributed by atoms with van der Waals surface area (Å²) >= 11 is 0. The number of aryl methyl sites for hydroxylation is 1. The van der Waals surface area contributed by atoms with E-state index in [4.69, 9.17) is 5.73 Å². The van der Waals surface area contributed by atoms with E-state index in [-0.39, 0.29) is 11.8 Å². The average molecular weight is 300 g/mol. The van der Waals surface area contributed by atoms with Gasteiger partial charge in [0.25, 0.3) is 0 Å². The first kappa shape index (κ1) is 15.4. The minimum absolute atomic E-state index is 0.0831. The van der Waals surface area contributed by atoms with Gasteiger partial charge in [-0.25, -0.2) is 13.4 Å². The molecule has 7 heteroatoms. The fraction of sp³-hybridized carbons (Fsp3) is 0.846. The molecule has 1 atom stereocenters. The third-order valence-corrected chi connectivity index (χ3v) is 4.89. The first-order valence-electron chi connectivity index (χ1n) is 7.21. The molecule has 1 unspecified atom stereocenters. The number of hydrogen-bond donors (Lipinski definition) is 1. The molecule has 1 aromatic rings. The van der Waals surface area contributed by atoms with Crippen LogP contribution in [0.4, 0.5) is 0 Å². The summed E-state index contributed by atoms with van der Waals surface area (Å²) in [5.41, 5.74) is 6.06. The van der Waals surface area contributed by atoms with Crippen LogP contribution in [-0.2, 0) is 16.9 Å². The molecule has 0 aliphatic heterocycles. The fourth-order valence-corrected chi connectivity index (χ4v) is 3.43. The van der Waals surface area contributed by atoms with Gasteiger partial charge in [-0.15, -0.1) is 0 Å². The molecule has 0 radical (unpaired) electrons. The SMILES string of the molecule is Cn1nc(C2CCCCC2)nc1C(N)CCS(C)(=O)=O. The zero-order valence-electron chi connectivity index (χ0n) is 12.2. The van der Waals surface area contributed by atoms with Crippen LogP contribution in [0, 0.1) is 0 Å². The number of sulfone groups is 1. The monoisotopic (exact) mass is 300 g/mol. The Morgan fingerprint density at radius 1 is 1.35 bits per heavy atom. The van der Waals surface area contributed by atoms with Crippen LogP contribution in [0.25, 0.3) is 0 Å². The number of rotatable bonds is 5. The molecule has 1 saturated carbocycles. The molecule has 6 nitrogen and oxygen atoms in total. The third-order valence-electron chi connectivity index (χ3n) is 3.91. The predicted molar refractivity (Wildman–Crippen MR) is 78.1 cm³/mol. The van der Waals surface area contributed by atoms with Gasteiger partial charge in [0.2, 0.25) is 0 Å². The second kappa shape index (κ2) is 6.22. The molecule has 20 heavy (non-hydrogen) atoms. The van der Waals surface area contributed by atoms with Crippen LogP contribution in [-0.4, -0.2) is 35.2 Å². The number of nitrogens with zero attached hydrogens (tertiary/aromatic N) is 3. The average Bonchev–Trinajstić information content (AvgIpc) is 2.78. The number of aromatic nitrogens is 3. The van der Waals surface area contributed by atoms with E-state index in [9.17, 15) is 8.42 Å². The maximum Gasteiger partial charge on any atom is 0.154 e. The van der Waals surface area contributed by atoms with Gasteiger partial charge in [-0.1, -0.05) is 19.3 Å². The Hall–Kier alpha value is -0.950. The van der Waals surface area contributed by atoms with Crippen LogP contribution in [0.3, 0.4) is 0 Å². The largest absolute Gasteiger partial charge is 0.321 e. The zero-order chi connectivity index (χ0) is 14.8. The van der Waals surface area contributed by atoms with Gasteiger partial charge in [0, 0.05) is 19.2 Å². The van der Waals surface area contributed by atoms with Gasteiger partial charge in [-0.2, -0.15) is 5.10 Å². The second-order valence-electron chi connectivity index (χ2n) is 5.81. The molecule has 0 aromatic carbocycles. The third kappa shape index (κ3) is 4.02. The summed E-state index contributed by atoms with van der Waals surface area (Å²) in [5.74, 6) is 2.08. The van der Waals surface area contributed by atoms with Crippen molar-refractivity contribution >= 4 is 9.84 Å². The van der Waals surface area contributed by atoms with Crippen LogP contribution in [0.5, 0.6) is 0 Å². The maximum absolute atomic E-state index is 11.2. The lowest BCUT2D eigenvalue weighted by Crippen LogP contribution is -2.19. The summed E-state index contributed by atoms with van der Waals surface area (Å²) in [6.45, 7) is 0. The van der Waals surface area contributed by atoms with E-state index < -0.39 is 9.84 Å². The van der Waals surface area contributed by atoms with Gasteiger partial charge in [-0.3, -0.25) is 4.68 Å². The van der Waals surface area contributed by atoms with Gasteiger partial charge in [0.1, 0.15) is 15.7 Å². The zero-order valence-corrected chi connectivity index (χ0v) is 13.1. The molecule has 0 amide bonds. The Morgan fingerprint density at radius 3 is 2.60 bits per heavy atom. The minimum Gasteiger partial charge on any atom is -0.321 e. The highest BCUT2D eigenvalue weighted by Crippen LogP contribution is 2.31. The maximum atomic E-state index is 11.2. The molecular formula is C13H24N4O2S.